The van der Waals surface area contributed by atoms with E-state index in [1.807, 2.05) is 10.9 Å². The fourth-order valence-electron chi connectivity index (χ4n) is 2.33. The van der Waals surface area contributed by atoms with E-state index >= 15 is 0 Å². The zero-order chi connectivity index (χ0) is 11.0. The summed E-state index contributed by atoms with van der Waals surface area (Å²) in [5.74, 6) is 2.03. The Hall–Kier alpha value is -0.700. The van der Waals surface area contributed by atoms with Crippen LogP contribution in [0.5, 0.6) is 0 Å². The summed E-state index contributed by atoms with van der Waals surface area (Å²) in [6, 6.07) is 0.478. The van der Waals surface area contributed by atoms with Crippen molar-refractivity contribution in [3.05, 3.63) is 11.2 Å². The van der Waals surface area contributed by atoms with Crippen LogP contribution in [0.4, 0.5) is 5.82 Å². The molecule has 15 heavy (non-hydrogen) atoms. The van der Waals surface area contributed by atoms with E-state index in [-0.39, 0.29) is 0 Å². The molecule has 0 saturated heterocycles. The third kappa shape index (κ3) is 2.12. The highest BCUT2D eigenvalue weighted by Gasteiger charge is 2.26. The molecule has 1 aliphatic rings. The first-order chi connectivity index (χ1) is 7.08. The Balaban J connectivity index is 2.12. The van der Waals surface area contributed by atoms with Gasteiger partial charge in [-0.25, -0.2) is 0 Å². The summed E-state index contributed by atoms with van der Waals surface area (Å²) in [6.45, 7) is 4.64. The van der Waals surface area contributed by atoms with Crippen LogP contribution in [0.1, 0.15) is 39.2 Å². The SMILES string of the molecule is CC1CCC(n2cc(Cl)c(N)n2)CC1C. The maximum absolute atomic E-state index is 5.91. The van der Waals surface area contributed by atoms with Gasteiger partial charge in [-0.05, 0) is 31.1 Å². The predicted molar refractivity (Wildman–Crippen MR) is 62.9 cm³/mol. The van der Waals surface area contributed by atoms with E-state index < -0.39 is 0 Å². The zero-order valence-corrected chi connectivity index (χ0v) is 10.0. The van der Waals surface area contributed by atoms with E-state index in [0.29, 0.717) is 16.9 Å². The number of anilines is 1. The van der Waals surface area contributed by atoms with Crippen molar-refractivity contribution in [3.63, 3.8) is 0 Å². The molecule has 3 atom stereocenters. The smallest absolute Gasteiger partial charge is 0.164 e. The lowest BCUT2D eigenvalue weighted by atomic mass is 9.79. The maximum atomic E-state index is 5.91. The minimum Gasteiger partial charge on any atom is -0.381 e. The molecule has 2 rings (SSSR count). The number of halogens is 1. The third-order valence-electron chi connectivity index (χ3n) is 3.66. The zero-order valence-electron chi connectivity index (χ0n) is 9.28. The summed E-state index contributed by atoms with van der Waals surface area (Å²) >= 11 is 5.91. The summed E-state index contributed by atoms with van der Waals surface area (Å²) in [7, 11) is 0. The molecule has 0 aliphatic heterocycles. The lowest BCUT2D eigenvalue weighted by Crippen LogP contribution is -2.23. The van der Waals surface area contributed by atoms with Gasteiger partial charge < -0.3 is 5.73 Å². The molecule has 84 valence electrons. The molecule has 1 fully saturated rings. The van der Waals surface area contributed by atoms with Crippen molar-refractivity contribution >= 4 is 17.4 Å². The van der Waals surface area contributed by atoms with Crippen LogP contribution in [0.25, 0.3) is 0 Å². The molecule has 1 aliphatic carbocycles. The molecular formula is C11H18ClN3. The minimum absolute atomic E-state index is 0.447. The Kier molecular flexibility index (Phi) is 2.91. The van der Waals surface area contributed by atoms with Gasteiger partial charge in [0.1, 0.15) is 5.02 Å². The highest BCUT2D eigenvalue weighted by molar-refractivity contribution is 6.32. The van der Waals surface area contributed by atoms with E-state index in [1.54, 1.807) is 0 Å². The van der Waals surface area contributed by atoms with Crippen molar-refractivity contribution in [3.8, 4) is 0 Å². The molecule has 1 heterocycles. The number of rotatable bonds is 1. The van der Waals surface area contributed by atoms with E-state index in [9.17, 15) is 0 Å². The summed E-state index contributed by atoms with van der Waals surface area (Å²) in [5.41, 5.74) is 5.65. The van der Waals surface area contributed by atoms with Crippen molar-refractivity contribution in [2.75, 3.05) is 5.73 Å². The molecule has 4 heteroatoms. The molecule has 0 spiro atoms. The van der Waals surface area contributed by atoms with E-state index in [2.05, 4.69) is 18.9 Å². The third-order valence-corrected chi connectivity index (χ3v) is 3.95. The number of hydrogen-bond donors (Lipinski definition) is 1. The van der Waals surface area contributed by atoms with Crippen molar-refractivity contribution in [2.45, 2.75) is 39.2 Å². The Morgan fingerprint density at radius 3 is 2.67 bits per heavy atom. The lowest BCUT2D eigenvalue weighted by molar-refractivity contribution is 0.201. The largest absolute Gasteiger partial charge is 0.381 e. The van der Waals surface area contributed by atoms with Crippen LogP contribution in [-0.4, -0.2) is 9.78 Å². The number of aromatic nitrogens is 2. The predicted octanol–water partition coefficient (Wildman–Crippen LogP) is 3.12. The second-order valence-electron chi connectivity index (χ2n) is 4.76. The van der Waals surface area contributed by atoms with E-state index in [0.717, 1.165) is 11.8 Å². The Morgan fingerprint density at radius 1 is 1.40 bits per heavy atom. The van der Waals surface area contributed by atoms with Crippen LogP contribution in [0.15, 0.2) is 6.20 Å². The Bertz CT molecular complexity index is 328. The van der Waals surface area contributed by atoms with Crippen molar-refractivity contribution in [1.29, 1.82) is 0 Å². The van der Waals surface area contributed by atoms with Crippen LogP contribution in [0, 0.1) is 11.8 Å². The second-order valence-corrected chi connectivity index (χ2v) is 5.17. The van der Waals surface area contributed by atoms with Gasteiger partial charge in [0.25, 0.3) is 0 Å². The topological polar surface area (TPSA) is 43.8 Å². The van der Waals surface area contributed by atoms with Crippen LogP contribution < -0.4 is 5.73 Å². The van der Waals surface area contributed by atoms with Gasteiger partial charge in [0, 0.05) is 6.20 Å². The molecule has 0 bridgehead atoms. The highest BCUT2D eigenvalue weighted by atomic mass is 35.5. The molecule has 1 aromatic rings. The average molecular weight is 228 g/mol. The average Bonchev–Trinajstić information content (AvgIpc) is 2.52. The summed E-state index contributed by atoms with van der Waals surface area (Å²) in [5, 5.41) is 4.83. The van der Waals surface area contributed by atoms with Gasteiger partial charge in [0.05, 0.1) is 6.04 Å². The van der Waals surface area contributed by atoms with Crippen LogP contribution in [0.2, 0.25) is 5.02 Å². The normalized spacial score (nSPS) is 31.8. The second kappa shape index (κ2) is 4.05. The van der Waals surface area contributed by atoms with E-state index in [4.69, 9.17) is 17.3 Å². The quantitative estimate of drug-likeness (QED) is 0.801. The maximum Gasteiger partial charge on any atom is 0.164 e. The first-order valence-electron chi connectivity index (χ1n) is 5.58. The number of nitrogens with two attached hydrogens (primary N) is 1. The Morgan fingerprint density at radius 2 is 2.13 bits per heavy atom. The number of hydrogen-bond acceptors (Lipinski definition) is 2. The number of nitrogen functional groups attached to an aromatic ring is 1. The standard InChI is InChI=1S/C11H18ClN3/c1-7-3-4-9(5-8(7)2)15-6-10(12)11(13)14-15/h6-9H,3-5H2,1-2H3,(H2,13,14). The fraction of sp³-hybridized carbons (Fsp3) is 0.727. The van der Waals surface area contributed by atoms with Gasteiger partial charge in [0.15, 0.2) is 5.82 Å². The van der Waals surface area contributed by atoms with E-state index in [1.165, 1.54) is 19.3 Å². The highest BCUT2D eigenvalue weighted by Crippen LogP contribution is 2.36. The molecule has 1 aromatic heterocycles. The first kappa shape index (κ1) is 10.8. The molecule has 0 radical (unpaired) electrons. The fourth-order valence-corrected chi connectivity index (χ4v) is 2.47. The lowest BCUT2D eigenvalue weighted by Gasteiger charge is -2.32. The van der Waals surface area contributed by atoms with Gasteiger partial charge in [-0.2, -0.15) is 5.10 Å². The Labute approximate surface area is 95.6 Å². The summed E-state index contributed by atoms with van der Waals surface area (Å²) in [6.07, 6.45) is 5.48. The summed E-state index contributed by atoms with van der Waals surface area (Å²) < 4.78 is 1.94. The van der Waals surface area contributed by atoms with Crippen LogP contribution in [0.3, 0.4) is 0 Å². The molecule has 2 N–H and O–H groups in total. The van der Waals surface area contributed by atoms with Gasteiger partial charge in [0.2, 0.25) is 0 Å². The van der Waals surface area contributed by atoms with Crippen LogP contribution >= 0.6 is 11.6 Å². The molecule has 1 saturated carbocycles. The molecule has 0 aromatic carbocycles. The monoisotopic (exact) mass is 227 g/mol. The minimum atomic E-state index is 0.447. The summed E-state index contributed by atoms with van der Waals surface area (Å²) in [4.78, 5) is 0. The van der Waals surface area contributed by atoms with Gasteiger partial charge >= 0.3 is 0 Å². The molecular weight excluding hydrogens is 210 g/mol. The molecule has 3 nitrogen and oxygen atoms in total. The van der Waals surface area contributed by atoms with Crippen molar-refractivity contribution in [1.82, 2.24) is 9.78 Å². The molecule has 3 unspecified atom stereocenters. The first-order valence-corrected chi connectivity index (χ1v) is 5.96. The molecule has 0 amide bonds. The van der Waals surface area contributed by atoms with Gasteiger partial charge in [-0.15, -0.1) is 0 Å². The van der Waals surface area contributed by atoms with Crippen molar-refractivity contribution < 1.29 is 0 Å². The number of nitrogens with zero attached hydrogens (tertiary/aromatic N) is 2. The van der Waals surface area contributed by atoms with Gasteiger partial charge in [-0.3, -0.25) is 4.68 Å². The van der Waals surface area contributed by atoms with Crippen LogP contribution in [-0.2, 0) is 0 Å². The van der Waals surface area contributed by atoms with Gasteiger partial charge in [-0.1, -0.05) is 25.4 Å². The van der Waals surface area contributed by atoms with Crippen molar-refractivity contribution in [2.24, 2.45) is 11.8 Å².